The van der Waals surface area contributed by atoms with Crippen LogP contribution >= 0.6 is 0 Å². The molecule has 1 aromatic heterocycles. The second-order valence-electron chi connectivity index (χ2n) is 6.69. The van der Waals surface area contributed by atoms with Crippen molar-refractivity contribution in [1.82, 2.24) is 4.98 Å². The Morgan fingerprint density at radius 2 is 1.81 bits per heavy atom. The third-order valence-corrected chi connectivity index (χ3v) is 4.80. The lowest BCUT2D eigenvalue weighted by Gasteiger charge is -2.16. The average molecular weight is 338 g/mol. The highest BCUT2D eigenvalue weighted by Crippen LogP contribution is 2.26. The van der Waals surface area contributed by atoms with Gasteiger partial charge in [0.25, 0.3) is 0 Å². The summed E-state index contributed by atoms with van der Waals surface area (Å²) in [5, 5.41) is 0. The molecule has 26 heavy (non-hydrogen) atoms. The standard InChI is InChI=1S/C24H22N2/c1-18-7-2-3-12-23(18)20-9-4-8-19(15-20)16-21-10-6-14-26-24(21)22-11-5-13-25-17-22/h2-5,7-9,11-13,15-17H,6,10,14H2,1H3. The third kappa shape index (κ3) is 3.50. The summed E-state index contributed by atoms with van der Waals surface area (Å²) in [4.78, 5) is 9.04. The fraction of sp³-hybridized carbons (Fsp3) is 0.167. The second kappa shape index (κ2) is 7.49. The number of hydrogen-bond acceptors (Lipinski definition) is 2. The van der Waals surface area contributed by atoms with Crippen LogP contribution in [-0.4, -0.2) is 17.2 Å². The molecular weight excluding hydrogens is 316 g/mol. The monoisotopic (exact) mass is 338 g/mol. The molecule has 3 aromatic rings. The third-order valence-electron chi connectivity index (χ3n) is 4.80. The molecule has 0 saturated carbocycles. The van der Waals surface area contributed by atoms with E-state index in [1.807, 2.05) is 18.5 Å². The van der Waals surface area contributed by atoms with Gasteiger partial charge >= 0.3 is 0 Å². The van der Waals surface area contributed by atoms with E-state index in [2.05, 4.69) is 72.6 Å². The first-order valence-corrected chi connectivity index (χ1v) is 9.13. The van der Waals surface area contributed by atoms with E-state index in [0.29, 0.717) is 0 Å². The maximum absolute atomic E-state index is 4.78. The van der Waals surface area contributed by atoms with Crippen LogP contribution in [0, 0.1) is 6.92 Å². The Bertz CT molecular complexity index is 968. The van der Waals surface area contributed by atoms with Crippen LogP contribution < -0.4 is 0 Å². The van der Waals surface area contributed by atoms with Crippen LogP contribution in [-0.2, 0) is 0 Å². The summed E-state index contributed by atoms with van der Waals surface area (Å²) in [6.45, 7) is 3.06. The molecule has 4 rings (SSSR count). The van der Waals surface area contributed by atoms with E-state index in [9.17, 15) is 0 Å². The highest BCUT2D eigenvalue weighted by Gasteiger charge is 2.14. The summed E-state index contributed by atoms with van der Waals surface area (Å²) in [6.07, 6.45) is 8.16. The SMILES string of the molecule is Cc1ccccc1-c1cccc(C=C2CCCN=C2c2cccnc2)c1. The van der Waals surface area contributed by atoms with Crippen molar-refractivity contribution in [3.63, 3.8) is 0 Å². The Morgan fingerprint density at radius 1 is 0.923 bits per heavy atom. The van der Waals surface area contributed by atoms with E-state index >= 15 is 0 Å². The van der Waals surface area contributed by atoms with Gasteiger partial charge in [0, 0.05) is 24.5 Å². The molecule has 128 valence electrons. The molecule has 0 N–H and O–H groups in total. The zero-order chi connectivity index (χ0) is 17.8. The number of rotatable bonds is 3. The number of pyridine rings is 1. The molecule has 0 aliphatic carbocycles. The van der Waals surface area contributed by atoms with Crippen molar-refractivity contribution in [2.75, 3.05) is 6.54 Å². The predicted molar refractivity (Wildman–Crippen MR) is 109 cm³/mol. The van der Waals surface area contributed by atoms with E-state index in [-0.39, 0.29) is 0 Å². The molecule has 2 aromatic carbocycles. The van der Waals surface area contributed by atoms with Crippen molar-refractivity contribution >= 4 is 11.8 Å². The molecule has 0 bridgehead atoms. The number of benzene rings is 2. The first kappa shape index (κ1) is 16.5. The van der Waals surface area contributed by atoms with E-state index in [1.165, 1.54) is 27.8 Å². The molecule has 1 aliphatic rings. The van der Waals surface area contributed by atoms with Crippen molar-refractivity contribution in [2.24, 2.45) is 4.99 Å². The summed E-state index contributed by atoms with van der Waals surface area (Å²) >= 11 is 0. The van der Waals surface area contributed by atoms with Gasteiger partial charge in [0.2, 0.25) is 0 Å². The quantitative estimate of drug-likeness (QED) is 0.599. The van der Waals surface area contributed by atoms with Crippen molar-refractivity contribution < 1.29 is 0 Å². The lowest BCUT2D eigenvalue weighted by Crippen LogP contribution is -2.11. The minimum absolute atomic E-state index is 0.894. The number of aliphatic imine (C=N–C) groups is 1. The van der Waals surface area contributed by atoms with Gasteiger partial charge in [-0.25, -0.2) is 0 Å². The molecule has 0 spiro atoms. The molecule has 2 nitrogen and oxygen atoms in total. The fourth-order valence-electron chi connectivity index (χ4n) is 3.49. The van der Waals surface area contributed by atoms with E-state index in [4.69, 9.17) is 4.99 Å². The molecule has 2 heteroatoms. The molecule has 0 atom stereocenters. The summed E-state index contributed by atoms with van der Waals surface area (Å²) < 4.78 is 0. The van der Waals surface area contributed by atoms with Gasteiger partial charge in [-0.1, -0.05) is 42.5 Å². The van der Waals surface area contributed by atoms with E-state index in [0.717, 1.165) is 30.7 Å². The molecule has 2 heterocycles. The van der Waals surface area contributed by atoms with Gasteiger partial charge in [0.05, 0.1) is 5.71 Å². The van der Waals surface area contributed by atoms with Gasteiger partial charge in [-0.2, -0.15) is 0 Å². The summed E-state index contributed by atoms with van der Waals surface area (Å²) in [7, 11) is 0. The smallest absolute Gasteiger partial charge is 0.0694 e. The average Bonchev–Trinajstić information content (AvgIpc) is 2.70. The Balaban J connectivity index is 1.72. The molecule has 0 unspecified atom stereocenters. The topological polar surface area (TPSA) is 25.2 Å². The number of aromatic nitrogens is 1. The van der Waals surface area contributed by atoms with Crippen LogP contribution in [0.15, 0.2) is 83.6 Å². The summed E-state index contributed by atoms with van der Waals surface area (Å²) in [5.41, 5.74) is 8.56. The highest BCUT2D eigenvalue weighted by molar-refractivity contribution is 6.15. The molecule has 0 radical (unpaired) electrons. The summed E-state index contributed by atoms with van der Waals surface area (Å²) in [6, 6.07) is 21.4. The van der Waals surface area contributed by atoms with Crippen LogP contribution in [0.25, 0.3) is 17.2 Å². The van der Waals surface area contributed by atoms with Crippen LogP contribution in [0.1, 0.15) is 29.5 Å². The molecule has 0 fully saturated rings. The van der Waals surface area contributed by atoms with Gasteiger partial charge in [-0.3, -0.25) is 9.98 Å². The minimum Gasteiger partial charge on any atom is -0.284 e. The Kier molecular flexibility index (Phi) is 4.74. The number of aryl methyl sites for hydroxylation is 1. The fourth-order valence-corrected chi connectivity index (χ4v) is 3.49. The maximum Gasteiger partial charge on any atom is 0.0694 e. The zero-order valence-corrected chi connectivity index (χ0v) is 15.0. The maximum atomic E-state index is 4.78. The number of allylic oxidation sites excluding steroid dienone is 1. The van der Waals surface area contributed by atoms with Crippen molar-refractivity contribution in [1.29, 1.82) is 0 Å². The van der Waals surface area contributed by atoms with Crippen LogP contribution in [0.4, 0.5) is 0 Å². The van der Waals surface area contributed by atoms with E-state index < -0.39 is 0 Å². The Hall–Kier alpha value is -3.00. The number of hydrogen-bond donors (Lipinski definition) is 0. The van der Waals surface area contributed by atoms with Gasteiger partial charge in [0.1, 0.15) is 0 Å². The molecule has 0 saturated heterocycles. The van der Waals surface area contributed by atoms with Crippen molar-refractivity contribution in [3.05, 3.63) is 95.3 Å². The first-order chi connectivity index (χ1) is 12.8. The van der Waals surface area contributed by atoms with Gasteiger partial charge in [0.15, 0.2) is 0 Å². The normalized spacial score (nSPS) is 15.7. The molecule has 1 aliphatic heterocycles. The van der Waals surface area contributed by atoms with Crippen LogP contribution in [0.2, 0.25) is 0 Å². The van der Waals surface area contributed by atoms with Gasteiger partial charge < -0.3 is 0 Å². The van der Waals surface area contributed by atoms with Gasteiger partial charge in [-0.15, -0.1) is 0 Å². The lowest BCUT2D eigenvalue weighted by atomic mass is 9.93. The zero-order valence-electron chi connectivity index (χ0n) is 15.0. The molecule has 0 amide bonds. The van der Waals surface area contributed by atoms with Crippen LogP contribution in [0.3, 0.4) is 0 Å². The highest BCUT2D eigenvalue weighted by atomic mass is 14.8. The van der Waals surface area contributed by atoms with E-state index in [1.54, 1.807) is 0 Å². The molecular formula is C24H22N2. The summed E-state index contributed by atoms with van der Waals surface area (Å²) in [5.74, 6) is 0. The van der Waals surface area contributed by atoms with Gasteiger partial charge in [-0.05, 0) is 71.9 Å². The van der Waals surface area contributed by atoms with Crippen LogP contribution in [0.5, 0.6) is 0 Å². The largest absolute Gasteiger partial charge is 0.284 e. The first-order valence-electron chi connectivity index (χ1n) is 9.13. The minimum atomic E-state index is 0.894. The number of nitrogens with zero attached hydrogens (tertiary/aromatic N) is 2. The van der Waals surface area contributed by atoms with Crippen molar-refractivity contribution in [2.45, 2.75) is 19.8 Å². The lowest BCUT2D eigenvalue weighted by molar-refractivity contribution is 0.818. The predicted octanol–water partition coefficient (Wildman–Crippen LogP) is 5.72. The van der Waals surface area contributed by atoms with Crippen molar-refractivity contribution in [3.8, 4) is 11.1 Å². The Labute approximate surface area is 155 Å². The Morgan fingerprint density at radius 3 is 2.65 bits per heavy atom. The second-order valence-corrected chi connectivity index (χ2v) is 6.69.